The smallest absolute Gasteiger partial charge is 0.257 e. The van der Waals surface area contributed by atoms with Gasteiger partial charge in [0.05, 0.1) is 5.25 Å². The van der Waals surface area contributed by atoms with Gasteiger partial charge < -0.3 is 4.90 Å². The molecule has 1 aliphatic heterocycles. The van der Waals surface area contributed by atoms with E-state index in [1.54, 1.807) is 11.6 Å². The summed E-state index contributed by atoms with van der Waals surface area (Å²) in [5.41, 5.74) is 3.76. The molecule has 3 aromatic rings. The Balaban J connectivity index is 1.37. The topological polar surface area (TPSA) is 58.4 Å². The van der Waals surface area contributed by atoms with Gasteiger partial charge in [0, 0.05) is 57.4 Å². The fraction of sp³-hybridized carbons (Fsp3) is 0.370. The van der Waals surface area contributed by atoms with Crippen molar-refractivity contribution >= 4 is 17.7 Å². The van der Waals surface area contributed by atoms with E-state index in [1.165, 1.54) is 17.3 Å². The molecule has 0 bridgehead atoms. The Hall–Kier alpha value is -2.90. The SMILES string of the molecule is Cc1nc(SC(C)C(=O)N2CCN(Cc3ccccc3)CC2)n(C)c(=O)c1Cc1ccccc1. The Morgan fingerprint density at radius 2 is 1.56 bits per heavy atom. The lowest BCUT2D eigenvalue weighted by atomic mass is 10.1. The van der Waals surface area contributed by atoms with E-state index in [-0.39, 0.29) is 16.7 Å². The number of rotatable bonds is 7. The minimum Gasteiger partial charge on any atom is -0.339 e. The van der Waals surface area contributed by atoms with Gasteiger partial charge >= 0.3 is 0 Å². The average Bonchev–Trinajstić information content (AvgIpc) is 2.86. The molecule has 1 aromatic heterocycles. The van der Waals surface area contributed by atoms with Gasteiger partial charge in [-0.3, -0.25) is 19.1 Å². The van der Waals surface area contributed by atoms with Gasteiger partial charge in [-0.25, -0.2) is 4.98 Å². The lowest BCUT2D eigenvalue weighted by Gasteiger charge is -2.35. The summed E-state index contributed by atoms with van der Waals surface area (Å²) in [5, 5.41) is 0.279. The van der Waals surface area contributed by atoms with Crippen molar-refractivity contribution in [3.05, 3.63) is 93.4 Å². The van der Waals surface area contributed by atoms with Crippen molar-refractivity contribution in [2.75, 3.05) is 26.2 Å². The number of aromatic nitrogens is 2. The first-order valence-electron chi connectivity index (χ1n) is 11.7. The van der Waals surface area contributed by atoms with Crippen LogP contribution in [-0.4, -0.2) is 56.7 Å². The number of amides is 1. The van der Waals surface area contributed by atoms with E-state index in [0.29, 0.717) is 17.1 Å². The molecule has 0 N–H and O–H groups in total. The highest BCUT2D eigenvalue weighted by Gasteiger charge is 2.27. The molecule has 7 heteroatoms. The maximum atomic E-state index is 13.1. The Kier molecular flexibility index (Phi) is 7.85. The van der Waals surface area contributed by atoms with Crippen molar-refractivity contribution in [3.63, 3.8) is 0 Å². The van der Waals surface area contributed by atoms with Crippen LogP contribution in [0.2, 0.25) is 0 Å². The monoisotopic (exact) mass is 476 g/mol. The fourth-order valence-electron chi connectivity index (χ4n) is 4.27. The minimum absolute atomic E-state index is 0.0481. The second kappa shape index (κ2) is 11.0. The molecule has 1 fully saturated rings. The van der Waals surface area contributed by atoms with Crippen LogP contribution >= 0.6 is 11.8 Å². The summed E-state index contributed by atoms with van der Waals surface area (Å²) in [6.07, 6.45) is 0.555. The number of carbonyl (C=O) groups excluding carboxylic acids is 1. The highest BCUT2D eigenvalue weighted by Crippen LogP contribution is 2.23. The van der Waals surface area contributed by atoms with Gasteiger partial charge in [0.15, 0.2) is 5.16 Å². The highest BCUT2D eigenvalue weighted by molar-refractivity contribution is 8.00. The van der Waals surface area contributed by atoms with Crippen LogP contribution in [0.4, 0.5) is 0 Å². The third-order valence-corrected chi connectivity index (χ3v) is 7.47. The van der Waals surface area contributed by atoms with Crippen molar-refractivity contribution in [2.24, 2.45) is 7.05 Å². The molecule has 2 aromatic carbocycles. The van der Waals surface area contributed by atoms with E-state index in [1.807, 2.05) is 55.1 Å². The van der Waals surface area contributed by atoms with Crippen molar-refractivity contribution in [2.45, 2.75) is 37.2 Å². The largest absolute Gasteiger partial charge is 0.339 e. The molecule has 1 aliphatic rings. The van der Waals surface area contributed by atoms with Gasteiger partial charge in [-0.05, 0) is 25.0 Å². The first-order chi connectivity index (χ1) is 16.4. The van der Waals surface area contributed by atoms with Crippen LogP contribution in [0.5, 0.6) is 0 Å². The number of hydrogen-bond donors (Lipinski definition) is 0. The van der Waals surface area contributed by atoms with E-state index in [4.69, 9.17) is 4.98 Å². The first kappa shape index (κ1) is 24.2. The van der Waals surface area contributed by atoms with Crippen LogP contribution in [0.15, 0.2) is 70.6 Å². The fourth-order valence-corrected chi connectivity index (χ4v) is 5.27. The van der Waals surface area contributed by atoms with Gasteiger partial charge in [-0.2, -0.15) is 0 Å². The molecule has 0 spiro atoms. The van der Waals surface area contributed by atoms with E-state index in [9.17, 15) is 9.59 Å². The number of carbonyl (C=O) groups is 1. The zero-order chi connectivity index (χ0) is 24.1. The summed E-state index contributed by atoms with van der Waals surface area (Å²) in [4.78, 5) is 35.2. The van der Waals surface area contributed by atoms with Crippen molar-refractivity contribution < 1.29 is 4.79 Å². The predicted molar refractivity (Wildman–Crippen MR) is 137 cm³/mol. The maximum absolute atomic E-state index is 13.1. The van der Waals surface area contributed by atoms with Gasteiger partial charge in [0.2, 0.25) is 5.91 Å². The van der Waals surface area contributed by atoms with E-state index in [2.05, 4.69) is 29.2 Å². The van der Waals surface area contributed by atoms with Crippen LogP contribution in [-0.2, 0) is 24.8 Å². The van der Waals surface area contributed by atoms with Crippen LogP contribution in [0.3, 0.4) is 0 Å². The zero-order valence-corrected chi connectivity index (χ0v) is 20.9. The summed E-state index contributed by atoms with van der Waals surface area (Å²) >= 11 is 1.37. The van der Waals surface area contributed by atoms with Gasteiger partial charge in [-0.15, -0.1) is 0 Å². The van der Waals surface area contributed by atoms with Gasteiger partial charge in [0.1, 0.15) is 0 Å². The summed E-state index contributed by atoms with van der Waals surface area (Å²) < 4.78 is 1.58. The molecule has 0 saturated carbocycles. The molecule has 0 radical (unpaired) electrons. The van der Waals surface area contributed by atoms with Crippen LogP contribution in [0.25, 0.3) is 0 Å². The Bertz CT molecular complexity index is 1170. The lowest BCUT2D eigenvalue weighted by Crippen LogP contribution is -2.50. The third-order valence-electron chi connectivity index (χ3n) is 6.34. The Morgan fingerprint density at radius 1 is 0.971 bits per heavy atom. The van der Waals surface area contributed by atoms with Crippen molar-refractivity contribution in [3.8, 4) is 0 Å². The normalized spacial score (nSPS) is 15.3. The van der Waals surface area contributed by atoms with Crippen LogP contribution in [0, 0.1) is 6.92 Å². The van der Waals surface area contributed by atoms with Crippen LogP contribution in [0.1, 0.15) is 29.3 Å². The molecule has 1 amide bonds. The van der Waals surface area contributed by atoms with E-state index in [0.717, 1.165) is 44.0 Å². The summed E-state index contributed by atoms with van der Waals surface area (Å²) in [6.45, 7) is 7.86. The standard InChI is InChI=1S/C27H32N4O2S/c1-20-24(18-22-10-6-4-7-11-22)26(33)29(3)27(28-20)34-21(2)25(32)31-16-14-30(15-17-31)19-23-12-8-5-9-13-23/h4-13,21H,14-19H2,1-3H3. The number of nitrogens with zero attached hydrogens (tertiary/aromatic N) is 4. The second-order valence-corrected chi connectivity index (χ2v) is 10.1. The minimum atomic E-state index is -0.307. The van der Waals surface area contributed by atoms with Crippen molar-refractivity contribution in [1.82, 2.24) is 19.4 Å². The molecule has 4 rings (SSSR count). The molecule has 1 unspecified atom stereocenters. The molecule has 178 valence electrons. The van der Waals surface area contributed by atoms with Crippen LogP contribution < -0.4 is 5.56 Å². The summed E-state index contributed by atoms with van der Waals surface area (Å²) in [5.74, 6) is 0.102. The average molecular weight is 477 g/mol. The van der Waals surface area contributed by atoms with Gasteiger partial charge in [0.25, 0.3) is 5.56 Å². The van der Waals surface area contributed by atoms with E-state index < -0.39 is 0 Å². The van der Waals surface area contributed by atoms with E-state index >= 15 is 0 Å². The highest BCUT2D eigenvalue weighted by atomic mass is 32.2. The van der Waals surface area contributed by atoms with Crippen molar-refractivity contribution in [1.29, 1.82) is 0 Å². The quantitative estimate of drug-likeness (QED) is 0.386. The molecule has 34 heavy (non-hydrogen) atoms. The first-order valence-corrected chi connectivity index (χ1v) is 12.6. The number of thioether (sulfide) groups is 1. The van der Waals surface area contributed by atoms with Gasteiger partial charge in [-0.1, -0.05) is 72.4 Å². The Morgan fingerprint density at radius 3 is 2.18 bits per heavy atom. The third kappa shape index (κ3) is 5.77. The predicted octanol–water partition coefficient (Wildman–Crippen LogP) is 3.50. The molecule has 6 nitrogen and oxygen atoms in total. The summed E-state index contributed by atoms with van der Waals surface area (Å²) in [7, 11) is 1.74. The second-order valence-electron chi connectivity index (χ2n) is 8.83. The number of benzene rings is 2. The number of aryl methyl sites for hydroxylation is 1. The lowest BCUT2D eigenvalue weighted by molar-refractivity contribution is -0.132. The maximum Gasteiger partial charge on any atom is 0.257 e. The Labute approximate surface area is 205 Å². The molecule has 2 heterocycles. The number of piperazine rings is 1. The molecule has 1 saturated heterocycles. The molecule has 0 aliphatic carbocycles. The summed E-state index contributed by atoms with van der Waals surface area (Å²) in [6, 6.07) is 20.4. The zero-order valence-electron chi connectivity index (χ0n) is 20.1. The molecule has 1 atom stereocenters. The number of hydrogen-bond acceptors (Lipinski definition) is 5. The molecular formula is C27H32N4O2S. The molecular weight excluding hydrogens is 444 g/mol.